The van der Waals surface area contributed by atoms with E-state index in [1.165, 1.54) is 11.1 Å². The lowest BCUT2D eigenvalue weighted by Crippen LogP contribution is -2.54. The quantitative estimate of drug-likeness (QED) is 0.0836. The number of carbonyl (C=O) groups is 4. The second-order valence-electron chi connectivity index (χ2n) is 14.3. The van der Waals surface area contributed by atoms with Crippen molar-refractivity contribution in [3.05, 3.63) is 130 Å². The molecule has 4 amide bonds. The van der Waals surface area contributed by atoms with Gasteiger partial charge in [-0.2, -0.15) is 0 Å². The number of likely N-dealkylation sites (tertiary alicyclic amines) is 1. The van der Waals surface area contributed by atoms with Crippen LogP contribution in [0.15, 0.2) is 97.1 Å². The first-order valence-electron chi connectivity index (χ1n) is 19.3. The monoisotopic (exact) mass is 741 g/mol. The molecule has 0 radical (unpaired) electrons. The number of hydrogen-bond donors (Lipinski definition) is 2. The minimum atomic E-state index is -0.964. The molecule has 3 aliphatic heterocycles. The number of allylic oxidation sites excluding steroid dienone is 1. The Morgan fingerprint density at radius 3 is 2.16 bits per heavy atom. The minimum absolute atomic E-state index is 0.0951. The first-order valence-corrected chi connectivity index (χ1v) is 19.3. The Morgan fingerprint density at radius 1 is 0.782 bits per heavy atom. The van der Waals surface area contributed by atoms with Crippen LogP contribution in [0, 0.1) is 0 Å². The van der Waals surface area contributed by atoms with E-state index in [9.17, 15) is 24.3 Å². The van der Waals surface area contributed by atoms with Gasteiger partial charge in [-0.05, 0) is 108 Å². The molecular formula is C45H47N3O7. The van der Waals surface area contributed by atoms with Crippen LogP contribution in [0.3, 0.4) is 0 Å². The summed E-state index contributed by atoms with van der Waals surface area (Å²) in [5.41, 5.74) is 7.25. The van der Waals surface area contributed by atoms with Crippen LogP contribution in [0.25, 0.3) is 11.1 Å². The second-order valence-corrected chi connectivity index (χ2v) is 14.3. The third-order valence-corrected chi connectivity index (χ3v) is 10.8. The molecule has 0 aromatic heterocycles. The van der Waals surface area contributed by atoms with Gasteiger partial charge in [-0.15, -0.1) is 0 Å². The van der Waals surface area contributed by atoms with Gasteiger partial charge in [0.1, 0.15) is 24.1 Å². The summed E-state index contributed by atoms with van der Waals surface area (Å²) in [5.74, 6) is -0.900. The number of benzene rings is 4. The molecule has 2 N–H and O–H groups in total. The maximum atomic E-state index is 13.1. The first kappa shape index (κ1) is 37.7. The molecule has 0 bridgehead atoms. The average Bonchev–Trinajstić information content (AvgIpc) is 3.45. The summed E-state index contributed by atoms with van der Waals surface area (Å²) in [7, 11) is 0. The standard InChI is InChI=1S/C45H47N3O7/c1-2-37(31-8-4-3-5-9-31)42(32-11-15-34(49)16-12-32)33-13-17-35(18-14-33)55-28-26-47-24-22-36(23-25-47)54-27-6-7-30-10-19-38-39(29-30)45(53)48(44(38)52)40-20-21-41(50)46-43(40)51/h3-5,8-19,29,36,40,49H,2,6-7,20-28H2,1H3,(H,46,50,51). The zero-order chi connectivity index (χ0) is 38.3. The fourth-order valence-electron chi connectivity index (χ4n) is 7.82. The highest BCUT2D eigenvalue weighted by Gasteiger charge is 2.44. The zero-order valence-electron chi connectivity index (χ0n) is 31.2. The molecule has 3 aliphatic rings. The van der Waals surface area contributed by atoms with Crippen LogP contribution in [0.4, 0.5) is 0 Å². The number of phenolic OH excluding ortho intramolecular Hbond substituents is 1. The van der Waals surface area contributed by atoms with Gasteiger partial charge < -0.3 is 14.6 Å². The number of rotatable bonds is 14. The summed E-state index contributed by atoms with van der Waals surface area (Å²) < 4.78 is 12.4. The van der Waals surface area contributed by atoms with Crippen LogP contribution in [0.2, 0.25) is 0 Å². The number of amides is 4. The number of nitrogens with one attached hydrogen (secondary N) is 1. The number of hydrogen-bond acceptors (Lipinski definition) is 8. The number of imide groups is 2. The highest BCUT2D eigenvalue weighted by Crippen LogP contribution is 2.36. The van der Waals surface area contributed by atoms with Gasteiger partial charge in [0.05, 0.1) is 17.2 Å². The molecule has 1 unspecified atom stereocenters. The predicted molar refractivity (Wildman–Crippen MR) is 210 cm³/mol. The summed E-state index contributed by atoms with van der Waals surface area (Å²) in [6.45, 7) is 6.09. The highest BCUT2D eigenvalue weighted by molar-refractivity contribution is 6.23. The number of piperidine rings is 2. The fraction of sp³-hybridized carbons (Fsp3) is 0.333. The second kappa shape index (κ2) is 17.3. The molecule has 1 atom stereocenters. The van der Waals surface area contributed by atoms with E-state index in [0.29, 0.717) is 30.8 Å². The van der Waals surface area contributed by atoms with Crippen molar-refractivity contribution in [2.24, 2.45) is 0 Å². The maximum Gasteiger partial charge on any atom is 0.262 e. The summed E-state index contributed by atoms with van der Waals surface area (Å²) in [4.78, 5) is 53.4. The third kappa shape index (κ3) is 8.71. The van der Waals surface area contributed by atoms with Gasteiger partial charge in [0.25, 0.3) is 11.8 Å². The van der Waals surface area contributed by atoms with E-state index >= 15 is 0 Å². The molecule has 2 fully saturated rings. The Kier molecular flexibility index (Phi) is 11.8. The van der Waals surface area contributed by atoms with E-state index in [1.807, 2.05) is 36.4 Å². The van der Waals surface area contributed by atoms with E-state index in [0.717, 1.165) is 78.2 Å². The Bertz CT molecular complexity index is 2050. The number of fused-ring (bicyclic) bond motifs is 1. The topological polar surface area (TPSA) is 125 Å². The van der Waals surface area contributed by atoms with Crippen LogP contribution in [-0.4, -0.2) is 83.5 Å². The van der Waals surface area contributed by atoms with Crippen molar-refractivity contribution in [3.63, 3.8) is 0 Å². The molecule has 2 saturated heterocycles. The molecule has 3 heterocycles. The van der Waals surface area contributed by atoms with Crippen molar-refractivity contribution >= 4 is 34.8 Å². The Hall–Kier alpha value is -5.58. The number of phenols is 1. The molecule has 0 saturated carbocycles. The molecule has 55 heavy (non-hydrogen) atoms. The Balaban J connectivity index is 0.845. The Morgan fingerprint density at radius 2 is 1.47 bits per heavy atom. The average molecular weight is 742 g/mol. The van der Waals surface area contributed by atoms with Crippen molar-refractivity contribution in [1.29, 1.82) is 0 Å². The third-order valence-electron chi connectivity index (χ3n) is 10.8. The molecule has 4 aromatic carbocycles. The van der Waals surface area contributed by atoms with Gasteiger partial charge in [-0.25, -0.2) is 0 Å². The van der Waals surface area contributed by atoms with E-state index in [2.05, 4.69) is 53.5 Å². The van der Waals surface area contributed by atoms with E-state index in [-0.39, 0.29) is 24.7 Å². The molecule has 284 valence electrons. The van der Waals surface area contributed by atoms with Gasteiger partial charge in [0, 0.05) is 32.7 Å². The van der Waals surface area contributed by atoms with Gasteiger partial charge in [-0.1, -0.05) is 67.6 Å². The number of nitrogens with zero attached hydrogens (tertiary/aromatic N) is 2. The molecule has 10 nitrogen and oxygen atoms in total. The van der Waals surface area contributed by atoms with Gasteiger partial charge >= 0.3 is 0 Å². The molecule has 10 heteroatoms. The van der Waals surface area contributed by atoms with Crippen molar-refractivity contribution in [3.8, 4) is 11.5 Å². The van der Waals surface area contributed by atoms with Gasteiger partial charge in [-0.3, -0.25) is 34.3 Å². The molecule has 0 spiro atoms. The predicted octanol–water partition coefficient (Wildman–Crippen LogP) is 6.66. The molecule has 7 rings (SSSR count). The SMILES string of the molecule is CCC(=C(c1ccc(O)cc1)c1ccc(OCCN2CCC(OCCCc3ccc4c(c3)C(=O)N(C3CCC(=O)NC3=O)C4=O)CC2)cc1)c1ccccc1. The summed E-state index contributed by atoms with van der Waals surface area (Å²) in [5, 5.41) is 12.2. The maximum absolute atomic E-state index is 13.1. The summed E-state index contributed by atoms with van der Waals surface area (Å²) in [6, 6.07) is 30.4. The van der Waals surface area contributed by atoms with E-state index in [4.69, 9.17) is 9.47 Å². The number of aromatic hydroxyl groups is 1. The summed E-state index contributed by atoms with van der Waals surface area (Å²) >= 11 is 0. The lowest BCUT2D eigenvalue weighted by molar-refractivity contribution is -0.136. The first-order chi connectivity index (χ1) is 26.8. The van der Waals surface area contributed by atoms with Crippen molar-refractivity contribution in [2.45, 2.75) is 64.0 Å². The number of aryl methyl sites for hydroxylation is 1. The minimum Gasteiger partial charge on any atom is -0.508 e. The van der Waals surface area contributed by atoms with Crippen LogP contribution < -0.4 is 10.1 Å². The summed E-state index contributed by atoms with van der Waals surface area (Å²) in [6.07, 6.45) is 4.68. The van der Waals surface area contributed by atoms with Gasteiger partial charge in [0.15, 0.2) is 0 Å². The molecule has 0 aliphatic carbocycles. The zero-order valence-corrected chi connectivity index (χ0v) is 31.2. The van der Waals surface area contributed by atoms with Crippen LogP contribution in [-0.2, 0) is 20.7 Å². The van der Waals surface area contributed by atoms with Crippen molar-refractivity contribution in [1.82, 2.24) is 15.1 Å². The van der Waals surface area contributed by atoms with Crippen LogP contribution >= 0.6 is 0 Å². The normalized spacial score (nSPS) is 18.3. The fourth-order valence-corrected chi connectivity index (χ4v) is 7.82. The van der Waals surface area contributed by atoms with Crippen LogP contribution in [0.5, 0.6) is 11.5 Å². The lowest BCUT2D eigenvalue weighted by atomic mass is 9.88. The van der Waals surface area contributed by atoms with Crippen molar-refractivity contribution in [2.75, 3.05) is 32.8 Å². The van der Waals surface area contributed by atoms with Gasteiger partial charge in [0.2, 0.25) is 11.8 Å². The van der Waals surface area contributed by atoms with Crippen molar-refractivity contribution < 1.29 is 33.8 Å². The smallest absolute Gasteiger partial charge is 0.262 e. The highest BCUT2D eigenvalue weighted by atomic mass is 16.5. The Labute approximate surface area is 321 Å². The molecular weight excluding hydrogens is 695 g/mol. The largest absolute Gasteiger partial charge is 0.508 e. The van der Waals surface area contributed by atoms with Crippen LogP contribution in [0.1, 0.15) is 88.4 Å². The molecule has 4 aromatic rings. The number of ether oxygens (including phenoxy) is 2. The lowest BCUT2D eigenvalue weighted by Gasteiger charge is -2.31. The number of carbonyl (C=O) groups excluding carboxylic acids is 4. The van der Waals surface area contributed by atoms with E-state index < -0.39 is 29.7 Å². The van der Waals surface area contributed by atoms with E-state index in [1.54, 1.807) is 24.3 Å².